The first-order chi connectivity index (χ1) is 15.2. The summed E-state index contributed by atoms with van der Waals surface area (Å²) in [6, 6.07) is 29.4. The number of hydrogen-bond acceptors (Lipinski definition) is 4. The van der Waals surface area contributed by atoms with Crippen LogP contribution in [0.15, 0.2) is 91.0 Å². The van der Waals surface area contributed by atoms with E-state index in [2.05, 4.69) is 4.98 Å². The predicted molar refractivity (Wildman–Crippen MR) is 124 cm³/mol. The molecule has 0 amide bonds. The summed E-state index contributed by atoms with van der Waals surface area (Å²) in [5, 5.41) is 0.645. The smallest absolute Gasteiger partial charge is 0.225 e. The van der Waals surface area contributed by atoms with E-state index in [9.17, 15) is 0 Å². The van der Waals surface area contributed by atoms with Gasteiger partial charge in [0.15, 0.2) is 0 Å². The van der Waals surface area contributed by atoms with E-state index in [-0.39, 0.29) is 0 Å². The number of ether oxygens (including phenoxy) is 2. The number of benzene rings is 3. The molecule has 0 aliphatic carbocycles. The van der Waals surface area contributed by atoms with Crippen molar-refractivity contribution in [3.63, 3.8) is 0 Å². The summed E-state index contributed by atoms with van der Waals surface area (Å²) in [4.78, 5) is 4.66. The van der Waals surface area contributed by atoms with Gasteiger partial charge in [0.05, 0.1) is 0 Å². The van der Waals surface area contributed by atoms with E-state index in [1.165, 1.54) is 0 Å². The average Bonchev–Trinajstić information content (AvgIpc) is 2.83. The Balaban J connectivity index is 1.64. The van der Waals surface area contributed by atoms with Gasteiger partial charge in [-0.25, -0.2) is 0 Å². The Hall–Kier alpha value is -3.34. The largest absolute Gasteiger partial charge is 0.473 e. The lowest BCUT2D eigenvalue weighted by Gasteiger charge is -2.15. The number of nitrogens with zero attached hydrogens (tertiary/aromatic N) is 1. The number of rotatable bonds is 8. The highest BCUT2D eigenvalue weighted by Crippen LogP contribution is 2.34. The summed E-state index contributed by atoms with van der Waals surface area (Å²) in [5.41, 5.74) is 10.8. The molecular weight excluding hydrogens is 408 g/mol. The molecule has 31 heavy (non-hydrogen) atoms. The Morgan fingerprint density at radius 2 is 1.32 bits per heavy atom. The van der Waals surface area contributed by atoms with Crippen LogP contribution in [0, 0.1) is 0 Å². The molecule has 0 bridgehead atoms. The van der Waals surface area contributed by atoms with Gasteiger partial charge < -0.3 is 15.2 Å². The summed E-state index contributed by atoms with van der Waals surface area (Å²) in [5.74, 6) is 0.991. The van der Waals surface area contributed by atoms with Crippen LogP contribution in [0.4, 0.5) is 0 Å². The highest BCUT2D eigenvalue weighted by molar-refractivity contribution is 6.30. The second-order valence-corrected chi connectivity index (χ2v) is 7.49. The van der Waals surface area contributed by atoms with Crippen LogP contribution >= 0.6 is 11.6 Å². The molecule has 0 fully saturated rings. The maximum atomic E-state index is 6.17. The summed E-state index contributed by atoms with van der Waals surface area (Å²) >= 11 is 6.17. The number of halogens is 1. The third-order valence-corrected chi connectivity index (χ3v) is 5.10. The molecule has 0 saturated heterocycles. The highest BCUT2D eigenvalue weighted by atomic mass is 35.5. The van der Waals surface area contributed by atoms with Crippen LogP contribution in [0.5, 0.6) is 11.8 Å². The second-order valence-electron chi connectivity index (χ2n) is 7.06. The predicted octanol–water partition coefficient (Wildman–Crippen LogP) is 6.02. The molecular formula is C26H23ClN2O2. The van der Waals surface area contributed by atoms with Crippen molar-refractivity contribution >= 4 is 11.6 Å². The normalized spacial score (nSPS) is 10.6. The standard InChI is InChI=1S/C26H23ClN2O2/c27-22-11-12-23(21(15-22)16-28)24-13-14-25(30-17-19-7-3-1-4-8-19)29-26(24)31-18-20-9-5-2-6-10-20/h1-15H,16-18,28H2. The van der Waals surface area contributed by atoms with Crippen molar-refractivity contribution in [1.82, 2.24) is 4.98 Å². The molecule has 4 rings (SSSR count). The van der Waals surface area contributed by atoms with Gasteiger partial charge in [-0.05, 0) is 40.5 Å². The number of aromatic nitrogens is 1. The Labute approximate surface area is 187 Å². The lowest BCUT2D eigenvalue weighted by Crippen LogP contribution is -2.04. The molecule has 0 aliphatic rings. The van der Waals surface area contributed by atoms with E-state index in [4.69, 9.17) is 26.8 Å². The molecule has 0 unspecified atom stereocenters. The van der Waals surface area contributed by atoms with Gasteiger partial charge in [-0.15, -0.1) is 0 Å². The first kappa shape index (κ1) is 20.9. The summed E-state index contributed by atoms with van der Waals surface area (Å²) in [6.45, 7) is 1.19. The van der Waals surface area contributed by atoms with Crippen LogP contribution < -0.4 is 15.2 Å². The molecule has 1 aromatic heterocycles. The molecule has 2 N–H and O–H groups in total. The monoisotopic (exact) mass is 430 g/mol. The fourth-order valence-corrected chi connectivity index (χ4v) is 3.46. The molecule has 156 valence electrons. The van der Waals surface area contributed by atoms with Crippen molar-refractivity contribution in [2.75, 3.05) is 0 Å². The zero-order chi connectivity index (χ0) is 21.5. The fourth-order valence-electron chi connectivity index (χ4n) is 3.27. The number of hydrogen-bond donors (Lipinski definition) is 1. The second kappa shape index (κ2) is 10.1. The van der Waals surface area contributed by atoms with E-state index in [0.717, 1.165) is 27.8 Å². The zero-order valence-electron chi connectivity index (χ0n) is 17.0. The van der Waals surface area contributed by atoms with Crippen molar-refractivity contribution < 1.29 is 9.47 Å². The number of pyridine rings is 1. The van der Waals surface area contributed by atoms with Gasteiger partial charge >= 0.3 is 0 Å². The van der Waals surface area contributed by atoms with Crippen LogP contribution in [0.2, 0.25) is 5.02 Å². The Bertz CT molecular complexity index is 1130. The third-order valence-electron chi connectivity index (χ3n) is 4.86. The quantitative estimate of drug-likeness (QED) is 0.371. The fraction of sp³-hybridized carbons (Fsp3) is 0.115. The minimum Gasteiger partial charge on any atom is -0.473 e. The Kier molecular flexibility index (Phi) is 6.82. The topological polar surface area (TPSA) is 57.4 Å². The number of nitrogens with two attached hydrogens (primary N) is 1. The first-order valence-corrected chi connectivity index (χ1v) is 10.4. The molecule has 0 radical (unpaired) electrons. The van der Waals surface area contributed by atoms with Crippen LogP contribution in [0.3, 0.4) is 0 Å². The van der Waals surface area contributed by atoms with Crippen LogP contribution in [-0.4, -0.2) is 4.98 Å². The minimum absolute atomic E-state index is 0.361. The summed E-state index contributed by atoms with van der Waals surface area (Å²) in [6.07, 6.45) is 0. The van der Waals surface area contributed by atoms with E-state index in [1.54, 1.807) is 0 Å². The lowest BCUT2D eigenvalue weighted by molar-refractivity contribution is 0.268. The van der Waals surface area contributed by atoms with Gasteiger partial charge in [-0.1, -0.05) is 78.3 Å². The van der Waals surface area contributed by atoms with Crippen LogP contribution in [0.1, 0.15) is 16.7 Å². The Morgan fingerprint density at radius 1 is 0.710 bits per heavy atom. The van der Waals surface area contributed by atoms with Crippen molar-refractivity contribution in [1.29, 1.82) is 0 Å². The Morgan fingerprint density at radius 3 is 1.97 bits per heavy atom. The van der Waals surface area contributed by atoms with Gasteiger partial charge in [0.2, 0.25) is 11.8 Å². The molecule has 0 atom stereocenters. The SMILES string of the molecule is NCc1cc(Cl)ccc1-c1ccc(OCc2ccccc2)nc1OCc1ccccc1. The van der Waals surface area contributed by atoms with Crippen molar-refractivity contribution in [3.8, 4) is 22.9 Å². The van der Waals surface area contributed by atoms with Crippen LogP contribution in [0.25, 0.3) is 11.1 Å². The van der Waals surface area contributed by atoms with Crippen molar-refractivity contribution in [3.05, 3.63) is 113 Å². The maximum absolute atomic E-state index is 6.17. The van der Waals surface area contributed by atoms with Gasteiger partial charge in [0.1, 0.15) is 13.2 Å². The molecule has 1 heterocycles. The molecule has 5 heteroatoms. The maximum Gasteiger partial charge on any atom is 0.225 e. The highest BCUT2D eigenvalue weighted by Gasteiger charge is 2.14. The summed E-state index contributed by atoms with van der Waals surface area (Å²) < 4.78 is 12.0. The summed E-state index contributed by atoms with van der Waals surface area (Å²) in [7, 11) is 0. The third kappa shape index (κ3) is 5.43. The van der Waals surface area contributed by atoms with Gasteiger partial charge in [-0.3, -0.25) is 0 Å². The zero-order valence-corrected chi connectivity index (χ0v) is 17.8. The molecule has 4 aromatic rings. The van der Waals surface area contributed by atoms with Gasteiger partial charge in [0, 0.05) is 23.2 Å². The van der Waals surface area contributed by atoms with Gasteiger partial charge in [-0.2, -0.15) is 4.98 Å². The first-order valence-electron chi connectivity index (χ1n) is 10.1. The van der Waals surface area contributed by atoms with E-state index >= 15 is 0 Å². The van der Waals surface area contributed by atoms with Crippen molar-refractivity contribution in [2.24, 2.45) is 5.73 Å². The molecule has 0 spiro atoms. The average molecular weight is 431 g/mol. The molecule has 4 nitrogen and oxygen atoms in total. The molecule has 3 aromatic carbocycles. The van der Waals surface area contributed by atoms with Crippen molar-refractivity contribution in [2.45, 2.75) is 19.8 Å². The lowest BCUT2D eigenvalue weighted by atomic mass is 10.0. The van der Waals surface area contributed by atoms with E-state index in [0.29, 0.717) is 36.5 Å². The van der Waals surface area contributed by atoms with E-state index in [1.807, 2.05) is 91.0 Å². The molecule has 0 saturated carbocycles. The molecule has 0 aliphatic heterocycles. The van der Waals surface area contributed by atoms with Gasteiger partial charge in [0.25, 0.3) is 0 Å². The van der Waals surface area contributed by atoms with E-state index < -0.39 is 0 Å². The van der Waals surface area contributed by atoms with Crippen LogP contribution in [-0.2, 0) is 19.8 Å². The minimum atomic E-state index is 0.361.